The molecule has 22 heavy (non-hydrogen) atoms. The summed E-state index contributed by atoms with van der Waals surface area (Å²) in [5.41, 5.74) is 9.23. The van der Waals surface area contributed by atoms with Crippen molar-refractivity contribution < 1.29 is 4.74 Å². The van der Waals surface area contributed by atoms with Gasteiger partial charge in [0.25, 0.3) is 0 Å². The maximum absolute atomic E-state index is 6.02. The molecule has 3 unspecified atom stereocenters. The van der Waals surface area contributed by atoms with Crippen LogP contribution in [-0.4, -0.2) is 24.2 Å². The predicted octanol–water partition coefficient (Wildman–Crippen LogP) is 2.70. The Kier molecular flexibility index (Phi) is 4.53. The number of hydrogen-bond acceptors (Lipinski definition) is 4. The largest absolute Gasteiger partial charge is 0.377 e. The molecule has 3 atom stereocenters. The molecular formula is C18H29N3O. The summed E-state index contributed by atoms with van der Waals surface area (Å²) in [5.74, 6) is 0.803. The van der Waals surface area contributed by atoms with Crippen molar-refractivity contribution in [3.63, 3.8) is 0 Å². The van der Waals surface area contributed by atoms with E-state index in [-0.39, 0.29) is 5.41 Å². The number of nitrogens with one attached hydrogen (secondary N) is 1. The Morgan fingerprint density at radius 3 is 2.86 bits per heavy atom. The zero-order valence-electron chi connectivity index (χ0n) is 14.1. The van der Waals surface area contributed by atoms with Crippen LogP contribution < -0.4 is 11.1 Å². The van der Waals surface area contributed by atoms with Gasteiger partial charge in [0.05, 0.1) is 11.8 Å². The molecule has 1 saturated heterocycles. The van der Waals surface area contributed by atoms with Crippen molar-refractivity contribution in [1.82, 2.24) is 10.3 Å². The molecule has 1 saturated carbocycles. The highest BCUT2D eigenvalue weighted by atomic mass is 16.5. The van der Waals surface area contributed by atoms with Gasteiger partial charge >= 0.3 is 0 Å². The van der Waals surface area contributed by atoms with E-state index in [0.29, 0.717) is 18.7 Å². The van der Waals surface area contributed by atoms with Crippen LogP contribution in [0.4, 0.5) is 0 Å². The molecule has 2 aliphatic rings. The fourth-order valence-electron chi connectivity index (χ4n) is 3.75. The molecule has 0 radical (unpaired) electrons. The zero-order valence-corrected chi connectivity index (χ0v) is 14.1. The van der Waals surface area contributed by atoms with E-state index in [1.165, 1.54) is 18.4 Å². The van der Waals surface area contributed by atoms with Gasteiger partial charge in [-0.15, -0.1) is 0 Å². The van der Waals surface area contributed by atoms with E-state index in [9.17, 15) is 0 Å². The van der Waals surface area contributed by atoms with E-state index in [1.807, 2.05) is 6.07 Å². The average molecular weight is 303 g/mol. The SMILES string of the molecule is Cc1nc(CN)ccc1C(C)NCC1(C)CCOC1C1CC1. The van der Waals surface area contributed by atoms with Crippen LogP contribution in [0, 0.1) is 18.3 Å². The molecule has 0 amide bonds. The van der Waals surface area contributed by atoms with Gasteiger partial charge in [-0.2, -0.15) is 0 Å². The summed E-state index contributed by atoms with van der Waals surface area (Å²) < 4.78 is 6.02. The lowest BCUT2D eigenvalue weighted by Crippen LogP contribution is -2.40. The van der Waals surface area contributed by atoms with Crippen LogP contribution in [0.5, 0.6) is 0 Å². The highest BCUT2D eigenvalue weighted by Crippen LogP contribution is 2.47. The Hall–Kier alpha value is -0.970. The quantitative estimate of drug-likeness (QED) is 0.848. The van der Waals surface area contributed by atoms with E-state index >= 15 is 0 Å². The third kappa shape index (κ3) is 3.19. The highest BCUT2D eigenvalue weighted by molar-refractivity contribution is 5.25. The van der Waals surface area contributed by atoms with Gasteiger partial charge in [-0.25, -0.2) is 0 Å². The molecule has 1 aliphatic carbocycles. The molecule has 1 aliphatic heterocycles. The van der Waals surface area contributed by atoms with Crippen molar-refractivity contribution in [1.29, 1.82) is 0 Å². The second kappa shape index (κ2) is 6.26. The average Bonchev–Trinajstić information content (AvgIpc) is 3.27. The molecule has 0 bridgehead atoms. The first-order valence-corrected chi connectivity index (χ1v) is 8.55. The molecule has 0 spiro atoms. The summed E-state index contributed by atoms with van der Waals surface area (Å²) >= 11 is 0. The van der Waals surface area contributed by atoms with Gasteiger partial charge < -0.3 is 15.8 Å². The second-order valence-electron chi connectivity index (χ2n) is 7.32. The molecule has 3 rings (SSSR count). The summed E-state index contributed by atoms with van der Waals surface area (Å²) in [6.07, 6.45) is 4.31. The predicted molar refractivity (Wildman–Crippen MR) is 88.5 cm³/mol. The van der Waals surface area contributed by atoms with Crippen molar-refractivity contribution in [2.45, 2.75) is 58.7 Å². The van der Waals surface area contributed by atoms with E-state index in [2.05, 4.69) is 37.1 Å². The number of aromatic nitrogens is 1. The first kappa shape index (κ1) is 15.9. The Morgan fingerprint density at radius 2 is 2.23 bits per heavy atom. The van der Waals surface area contributed by atoms with E-state index in [0.717, 1.165) is 36.9 Å². The van der Waals surface area contributed by atoms with Crippen molar-refractivity contribution in [3.05, 3.63) is 29.1 Å². The number of hydrogen-bond donors (Lipinski definition) is 2. The molecule has 1 aromatic rings. The number of pyridine rings is 1. The van der Waals surface area contributed by atoms with Gasteiger partial charge in [0.1, 0.15) is 0 Å². The van der Waals surface area contributed by atoms with Crippen LogP contribution in [0.1, 0.15) is 56.1 Å². The van der Waals surface area contributed by atoms with Crippen LogP contribution in [0.3, 0.4) is 0 Å². The minimum Gasteiger partial charge on any atom is -0.377 e. The maximum Gasteiger partial charge on any atom is 0.0669 e. The molecule has 2 heterocycles. The number of ether oxygens (including phenoxy) is 1. The van der Waals surface area contributed by atoms with Gasteiger partial charge in [-0.1, -0.05) is 13.0 Å². The van der Waals surface area contributed by atoms with E-state index in [1.54, 1.807) is 0 Å². The summed E-state index contributed by atoms with van der Waals surface area (Å²) in [6, 6.07) is 4.50. The van der Waals surface area contributed by atoms with Crippen LogP contribution >= 0.6 is 0 Å². The molecule has 4 nitrogen and oxygen atoms in total. The van der Waals surface area contributed by atoms with Crippen LogP contribution in [0.15, 0.2) is 12.1 Å². The lowest BCUT2D eigenvalue weighted by atomic mass is 9.80. The van der Waals surface area contributed by atoms with Gasteiger partial charge in [0.2, 0.25) is 0 Å². The first-order chi connectivity index (χ1) is 10.5. The fourth-order valence-corrected chi connectivity index (χ4v) is 3.75. The third-order valence-corrected chi connectivity index (χ3v) is 5.38. The van der Waals surface area contributed by atoms with Crippen molar-refractivity contribution in [3.8, 4) is 0 Å². The summed E-state index contributed by atoms with van der Waals surface area (Å²) in [4.78, 5) is 4.57. The van der Waals surface area contributed by atoms with Crippen LogP contribution in [0.25, 0.3) is 0 Å². The van der Waals surface area contributed by atoms with Gasteiger partial charge in [0.15, 0.2) is 0 Å². The molecular weight excluding hydrogens is 274 g/mol. The summed E-state index contributed by atoms with van der Waals surface area (Å²) in [5, 5.41) is 3.72. The lowest BCUT2D eigenvalue weighted by molar-refractivity contribution is 0.0378. The number of nitrogens with zero attached hydrogens (tertiary/aromatic N) is 1. The van der Waals surface area contributed by atoms with Crippen molar-refractivity contribution in [2.75, 3.05) is 13.2 Å². The first-order valence-electron chi connectivity index (χ1n) is 8.55. The topological polar surface area (TPSA) is 60.2 Å². The molecule has 0 aromatic carbocycles. The maximum atomic E-state index is 6.02. The van der Waals surface area contributed by atoms with Crippen molar-refractivity contribution >= 4 is 0 Å². The van der Waals surface area contributed by atoms with Gasteiger partial charge in [-0.3, -0.25) is 4.98 Å². The van der Waals surface area contributed by atoms with Crippen LogP contribution in [-0.2, 0) is 11.3 Å². The Morgan fingerprint density at radius 1 is 1.45 bits per heavy atom. The van der Waals surface area contributed by atoms with E-state index < -0.39 is 0 Å². The monoisotopic (exact) mass is 303 g/mol. The second-order valence-corrected chi connectivity index (χ2v) is 7.32. The third-order valence-electron chi connectivity index (χ3n) is 5.38. The standard InChI is InChI=1S/C18H29N3O/c1-12(16-7-6-15(10-19)21-13(16)2)20-11-18(3)8-9-22-17(18)14-4-5-14/h6-7,12,14,17,20H,4-5,8-11,19H2,1-3H3. The zero-order chi connectivity index (χ0) is 15.7. The summed E-state index contributed by atoms with van der Waals surface area (Å²) in [7, 11) is 0. The summed E-state index contributed by atoms with van der Waals surface area (Å²) in [6.45, 7) is 9.09. The number of rotatable bonds is 6. The van der Waals surface area contributed by atoms with Crippen LogP contribution in [0.2, 0.25) is 0 Å². The number of nitrogens with two attached hydrogens (primary N) is 1. The minimum absolute atomic E-state index is 0.272. The van der Waals surface area contributed by atoms with Gasteiger partial charge in [-0.05, 0) is 50.7 Å². The Balaban J connectivity index is 1.63. The number of aryl methyl sites for hydroxylation is 1. The molecule has 1 aromatic heterocycles. The molecule has 122 valence electrons. The van der Waals surface area contributed by atoms with Crippen molar-refractivity contribution in [2.24, 2.45) is 17.1 Å². The molecule has 4 heteroatoms. The smallest absolute Gasteiger partial charge is 0.0669 e. The van der Waals surface area contributed by atoms with E-state index in [4.69, 9.17) is 10.5 Å². The minimum atomic E-state index is 0.272. The molecule has 2 fully saturated rings. The Labute approximate surface area is 133 Å². The molecule has 3 N–H and O–H groups in total. The fraction of sp³-hybridized carbons (Fsp3) is 0.722. The Bertz CT molecular complexity index is 529. The lowest BCUT2D eigenvalue weighted by Gasteiger charge is -2.32. The van der Waals surface area contributed by atoms with Gasteiger partial charge in [0, 0.05) is 36.8 Å². The normalized spacial score (nSPS) is 29.7. The highest BCUT2D eigenvalue weighted by Gasteiger charge is 2.47.